The van der Waals surface area contributed by atoms with Crippen LogP contribution in [0, 0.1) is 28.1 Å². The Bertz CT molecular complexity index is 1110. The second-order valence-electron chi connectivity index (χ2n) is 12.3. The number of carbonyl (C=O) groups is 3. The molecule has 6 aliphatic rings. The summed E-state index contributed by atoms with van der Waals surface area (Å²) in [5.74, 6) is -2.02. The van der Waals surface area contributed by atoms with Gasteiger partial charge in [-0.2, -0.15) is 0 Å². The molecule has 4 aliphatic heterocycles. The first-order valence-electron chi connectivity index (χ1n) is 12.3. The highest BCUT2D eigenvalue weighted by Crippen LogP contribution is 2.77. The van der Waals surface area contributed by atoms with Crippen molar-refractivity contribution in [3.8, 4) is 0 Å². The van der Waals surface area contributed by atoms with Gasteiger partial charge in [0, 0.05) is 22.8 Å². The number of hydrogen-bond donors (Lipinski definition) is 2. The number of allylic oxidation sites excluding steroid dienone is 1. The molecule has 1 spiro atoms. The van der Waals surface area contributed by atoms with E-state index in [1.54, 1.807) is 0 Å². The zero-order valence-corrected chi connectivity index (χ0v) is 20.6. The lowest BCUT2D eigenvalue weighted by Crippen LogP contribution is -2.73. The summed E-state index contributed by atoms with van der Waals surface area (Å²) in [6, 6.07) is 0. The molecule has 0 aromatic rings. The second kappa shape index (κ2) is 6.55. The van der Waals surface area contributed by atoms with Gasteiger partial charge in [-0.15, -0.1) is 0 Å². The molecule has 2 N–H and O–H groups in total. The van der Waals surface area contributed by atoms with Crippen LogP contribution in [0.15, 0.2) is 23.8 Å². The van der Waals surface area contributed by atoms with E-state index in [1.807, 2.05) is 33.8 Å². The summed E-state index contributed by atoms with van der Waals surface area (Å²) in [4.78, 5) is 38.1. The van der Waals surface area contributed by atoms with Crippen LogP contribution >= 0.6 is 0 Å². The molecule has 2 aliphatic carbocycles. The van der Waals surface area contributed by atoms with Crippen LogP contribution in [-0.4, -0.2) is 63.9 Å². The van der Waals surface area contributed by atoms with Crippen LogP contribution in [0.5, 0.6) is 0 Å². The molecule has 0 aromatic heterocycles. The number of fused-ring (bicyclic) bond motifs is 3. The Morgan fingerprint density at radius 3 is 2.34 bits per heavy atom. The first kappa shape index (κ1) is 23.2. The van der Waals surface area contributed by atoms with Crippen LogP contribution in [0.1, 0.15) is 53.9 Å². The number of ether oxygens (including phenoxy) is 4. The first-order chi connectivity index (χ1) is 16.2. The monoisotopic (exact) mass is 488 g/mol. The maximum atomic E-state index is 13.1. The number of aliphatic hydroxyl groups excluding tert-OH is 2. The molecular formula is C26H32O9. The van der Waals surface area contributed by atoms with Crippen molar-refractivity contribution in [2.24, 2.45) is 28.1 Å². The average Bonchev–Trinajstić information content (AvgIpc) is 3.47. The van der Waals surface area contributed by atoms with E-state index in [-0.39, 0.29) is 17.4 Å². The van der Waals surface area contributed by atoms with E-state index in [4.69, 9.17) is 18.9 Å². The molecule has 9 nitrogen and oxygen atoms in total. The highest BCUT2D eigenvalue weighted by molar-refractivity contribution is 5.94. The molecular weight excluding hydrogens is 456 g/mol. The minimum absolute atomic E-state index is 0.104. The summed E-state index contributed by atoms with van der Waals surface area (Å²) >= 11 is 0. The number of carbonyl (C=O) groups excluding carboxylic acids is 3. The topological polar surface area (TPSA) is 132 Å². The number of esters is 3. The molecule has 9 heteroatoms. The predicted octanol–water partition coefficient (Wildman–Crippen LogP) is 1.55. The number of hydrogen-bond acceptors (Lipinski definition) is 9. The Kier molecular flexibility index (Phi) is 4.34. The zero-order valence-electron chi connectivity index (χ0n) is 20.6. The van der Waals surface area contributed by atoms with Crippen molar-refractivity contribution in [3.63, 3.8) is 0 Å². The van der Waals surface area contributed by atoms with E-state index < -0.39 is 70.0 Å². The third-order valence-corrected chi connectivity index (χ3v) is 10.5. The highest BCUT2D eigenvalue weighted by Gasteiger charge is 2.88. The van der Waals surface area contributed by atoms with Crippen molar-refractivity contribution in [2.75, 3.05) is 0 Å². The lowest BCUT2D eigenvalue weighted by molar-refractivity contribution is -0.247. The van der Waals surface area contributed by atoms with Gasteiger partial charge in [0.2, 0.25) is 6.29 Å². The number of epoxide rings is 1. The van der Waals surface area contributed by atoms with Crippen molar-refractivity contribution in [2.45, 2.75) is 89.7 Å². The molecule has 6 rings (SSSR count). The van der Waals surface area contributed by atoms with Gasteiger partial charge in [-0.1, -0.05) is 26.8 Å². The fourth-order valence-electron chi connectivity index (χ4n) is 8.96. The van der Waals surface area contributed by atoms with Crippen LogP contribution in [0.2, 0.25) is 0 Å². The van der Waals surface area contributed by atoms with E-state index in [0.717, 1.165) is 0 Å². The molecule has 4 heterocycles. The van der Waals surface area contributed by atoms with Gasteiger partial charge in [0.1, 0.15) is 17.3 Å². The summed E-state index contributed by atoms with van der Waals surface area (Å²) in [6.45, 7) is 9.78. The molecule has 0 bridgehead atoms. The van der Waals surface area contributed by atoms with Gasteiger partial charge < -0.3 is 29.2 Å². The van der Waals surface area contributed by atoms with E-state index in [2.05, 4.69) is 6.92 Å². The Balaban J connectivity index is 1.50. The van der Waals surface area contributed by atoms with Gasteiger partial charge in [-0.05, 0) is 50.5 Å². The van der Waals surface area contributed by atoms with E-state index >= 15 is 0 Å². The van der Waals surface area contributed by atoms with Gasteiger partial charge in [0.05, 0.1) is 11.7 Å². The zero-order chi connectivity index (χ0) is 25.3. The lowest BCUT2D eigenvalue weighted by atomic mass is 9.37. The summed E-state index contributed by atoms with van der Waals surface area (Å²) in [6.07, 6.45) is 2.13. The maximum Gasteiger partial charge on any atom is 0.340 e. The highest BCUT2D eigenvalue weighted by atomic mass is 16.7. The van der Waals surface area contributed by atoms with Crippen LogP contribution in [0.3, 0.4) is 0 Å². The van der Waals surface area contributed by atoms with Gasteiger partial charge in [0.25, 0.3) is 0 Å². The average molecular weight is 489 g/mol. The van der Waals surface area contributed by atoms with Crippen LogP contribution in [0.4, 0.5) is 0 Å². The Labute approximate surface area is 203 Å². The van der Waals surface area contributed by atoms with Gasteiger partial charge in [-0.25, -0.2) is 14.4 Å². The van der Waals surface area contributed by atoms with E-state index in [1.165, 1.54) is 12.2 Å². The summed E-state index contributed by atoms with van der Waals surface area (Å²) in [5.41, 5.74) is -4.03. The summed E-state index contributed by atoms with van der Waals surface area (Å²) in [5, 5.41) is 21.7. The van der Waals surface area contributed by atoms with Crippen molar-refractivity contribution in [1.29, 1.82) is 0 Å². The van der Waals surface area contributed by atoms with Crippen molar-refractivity contribution in [1.82, 2.24) is 0 Å². The van der Waals surface area contributed by atoms with Gasteiger partial charge >= 0.3 is 17.9 Å². The third-order valence-electron chi connectivity index (χ3n) is 10.5. The molecule has 0 amide bonds. The largest absolute Gasteiger partial charge is 0.456 e. The second-order valence-corrected chi connectivity index (χ2v) is 12.3. The number of cyclic esters (lactones) is 3. The minimum Gasteiger partial charge on any atom is -0.456 e. The first-order valence-corrected chi connectivity index (χ1v) is 12.3. The maximum absolute atomic E-state index is 13.1. The lowest BCUT2D eigenvalue weighted by Gasteiger charge is -2.67. The third kappa shape index (κ3) is 2.52. The molecule has 190 valence electrons. The molecule has 35 heavy (non-hydrogen) atoms. The summed E-state index contributed by atoms with van der Waals surface area (Å²) in [7, 11) is 0. The molecule has 10 unspecified atom stereocenters. The molecule has 4 fully saturated rings. The molecule has 2 saturated carbocycles. The van der Waals surface area contributed by atoms with Gasteiger partial charge in [-0.3, -0.25) is 0 Å². The SMILES string of the molecule is CC1(C)OC(=O)C=CC2(C)C1CC(O)C1(C)C2CCC2(C)C(C3=CC(O)OC3=O)OC(=O)C3OC321. The number of aliphatic hydroxyl groups is 2. The fourth-order valence-corrected chi connectivity index (χ4v) is 8.96. The Morgan fingerprint density at radius 2 is 1.69 bits per heavy atom. The fraction of sp³-hybridized carbons (Fsp3) is 0.731. The van der Waals surface area contributed by atoms with Crippen LogP contribution < -0.4 is 0 Å². The Morgan fingerprint density at radius 1 is 0.971 bits per heavy atom. The van der Waals surface area contributed by atoms with Crippen molar-refractivity contribution < 1.29 is 43.5 Å². The van der Waals surface area contributed by atoms with Crippen LogP contribution in [0.25, 0.3) is 0 Å². The normalized spacial score (nSPS) is 53.6. The minimum atomic E-state index is -1.39. The standard InChI is InChI=1S/C26H32O9/c1-22(2)14-11-15(27)25(5)13(23(14,3)8-7-16(28)34-22)6-9-24(4)18(12-10-17(29)32-20(12)30)33-21(31)19-26(24,25)35-19/h7-8,10,13-15,17-19,27,29H,6,9,11H2,1-5H3. The van der Waals surface area contributed by atoms with Crippen molar-refractivity contribution >= 4 is 17.9 Å². The molecule has 0 aromatic carbocycles. The predicted molar refractivity (Wildman–Crippen MR) is 118 cm³/mol. The van der Waals surface area contributed by atoms with E-state index in [0.29, 0.717) is 19.3 Å². The van der Waals surface area contributed by atoms with E-state index in [9.17, 15) is 24.6 Å². The molecule has 0 radical (unpaired) electrons. The van der Waals surface area contributed by atoms with Crippen molar-refractivity contribution in [3.05, 3.63) is 23.8 Å². The molecule has 2 saturated heterocycles. The quantitative estimate of drug-likeness (QED) is 0.320. The molecule has 10 atom stereocenters. The van der Waals surface area contributed by atoms with Gasteiger partial charge in [0.15, 0.2) is 6.10 Å². The summed E-state index contributed by atoms with van der Waals surface area (Å²) < 4.78 is 22.7. The number of rotatable bonds is 1. The van der Waals surface area contributed by atoms with Crippen LogP contribution in [-0.2, 0) is 33.3 Å². The Hall–Kier alpha value is -2.23. The smallest absolute Gasteiger partial charge is 0.340 e.